The first-order chi connectivity index (χ1) is 7.74. The molecule has 0 saturated heterocycles. The number of carbonyl (C=O) groups is 1. The normalized spacial score (nSPS) is 11.3. The van der Waals surface area contributed by atoms with Crippen LogP contribution in [0.3, 0.4) is 0 Å². The fraction of sp³-hybridized carbons (Fsp3) is 0.462. The Balaban J connectivity index is 3.26. The Labute approximate surface area is 101 Å². The van der Waals surface area contributed by atoms with Crippen LogP contribution >= 0.6 is 0 Å². The van der Waals surface area contributed by atoms with Crippen LogP contribution in [0.5, 0.6) is 11.5 Å². The van der Waals surface area contributed by atoms with E-state index in [9.17, 15) is 9.90 Å². The van der Waals surface area contributed by atoms with E-state index in [4.69, 9.17) is 9.84 Å². The predicted molar refractivity (Wildman–Crippen MR) is 64.8 cm³/mol. The van der Waals surface area contributed by atoms with E-state index in [2.05, 4.69) is 20.8 Å². The summed E-state index contributed by atoms with van der Waals surface area (Å²) in [4.78, 5) is 10.9. The number of carboxylic acids is 1. The fourth-order valence-corrected chi connectivity index (χ4v) is 1.68. The van der Waals surface area contributed by atoms with E-state index in [1.165, 1.54) is 19.2 Å². The van der Waals surface area contributed by atoms with Gasteiger partial charge in [-0.2, -0.15) is 0 Å². The molecule has 4 heteroatoms. The van der Waals surface area contributed by atoms with Gasteiger partial charge in [0.15, 0.2) is 0 Å². The first-order valence-electron chi connectivity index (χ1n) is 5.38. The number of ether oxygens (including phenoxy) is 1. The molecule has 94 valence electrons. The molecule has 1 aromatic rings. The molecule has 2 N–H and O–H groups in total. The molecule has 0 spiro atoms. The molecular formula is C13H18O4. The average Bonchev–Trinajstić information content (AvgIpc) is 2.17. The zero-order chi connectivity index (χ0) is 13.2. The molecule has 0 aromatic heterocycles. The van der Waals surface area contributed by atoms with Crippen molar-refractivity contribution in [3.05, 3.63) is 23.3 Å². The molecule has 0 radical (unpaired) electrons. The van der Waals surface area contributed by atoms with E-state index in [-0.39, 0.29) is 16.7 Å². The third-order valence-electron chi connectivity index (χ3n) is 2.35. The summed E-state index contributed by atoms with van der Waals surface area (Å²) in [5.41, 5.74) is 0.709. The highest BCUT2D eigenvalue weighted by Gasteiger charge is 2.19. The standard InChI is InChI=1S/C13H18O4/c1-13(2,3)7-8-5-9(12(15)16)10(14)6-11(8)17-4/h5-6,14H,7H2,1-4H3,(H,15,16). The molecule has 0 unspecified atom stereocenters. The van der Waals surface area contributed by atoms with Gasteiger partial charge in [0.1, 0.15) is 17.1 Å². The highest BCUT2D eigenvalue weighted by molar-refractivity contribution is 5.91. The molecule has 0 aliphatic carbocycles. The van der Waals surface area contributed by atoms with E-state index in [0.717, 1.165) is 5.56 Å². The summed E-state index contributed by atoms with van der Waals surface area (Å²) >= 11 is 0. The molecule has 0 aliphatic rings. The Bertz CT molecular complexity index is 430. The van der Waals surface area contributed by atoms with Gasteiger partial charge in [-0.3, -0.25) is 0 Å². The van der Waals surface area contributed by atoms with Crippen molar-refractivity contribution in [1.82, 2.24) is 0 Å². The Kier molecular flexibility index (Phi) is 3.66. The number of methoxy groups -OCH3 is 1. The second-order valence-electron chi connectivity index (χ2n) is 5.22. The molecule has 0 heterocycles. The summed E-state index contributed by atoms with van der Waals surface area (Å²) in [5.74, 6) is -0.894. The largest absolute Gasteiger partial charge is 0.507 e. The lowest BCUT2D eigenvalue weighted by Crippen LogP contribution is -2.11. The van der Waals surface area contributed by atoms with Gasteiger partial charge in [0.25, 0.3) is 0 Å². The van der Waals surface area contributed by atoms with Crippen LogP contribution in [0.2, 0.25) is 0 Å². The summed E-state index contributed by atoms with van der Waals surface area (Å²) < 4.78 is 5.15. The minimum absolute atomic E-state index is 0.0139. The maximum atomic E-state index is 10.9. The zero-order valence-corrected chi connectivity index (χ0v) is 10.6. The predicted octanol–water partition coefficient (Wildman–Crippen LogP) is 2.69. The summed E-state index contributed by atoms with van der Waals surface area (Å²) in [7, 11) is 1.50. The third-order valence-corrected chi connectivity index (χ3v) is 2.35. The van der Waals surface area contributed by atoms with Gasteiger partial charge in [0, 0.05) is 6.07 Å². The Morgan fingerprint density at radius 3 is 2.35 bits per heavy atom. The number of hydrogen-bond donors (Lipinski definition) is 2. The van der Waals surface area contributed by atoms with Crippen LogP contribution in [0.25, 0.3) is 0 Å². The van der Waals surface area contributed by atoms with Crippen molar-refractivity contribution in [3.63, 3.8) is 0 Å². The van der Waals surface area contributed by atoms with Crippen molar-refractivity contribution < 1.29 is 19.7 Å². The molecule has 0 atom stereocenters. The summed E-state index contributed by atoms with van der Waals surface area (Å²) in [6, 6.07) is 2.83. The monoisotopic (exact) mass is 238 g/mol. The molecule has 1 aromatic carbocycles. The van der Waals surface area contributed by atoms with Crippen molar-refractivity contribution in [2.24, 2.45) is 5.41 Å². The second-order valence-corrected chi connectivity index (χ2v) is 5.22. The van der Waals surface area contributed by atoms with Gasteiger partial charge >= 0.3 is 5.97 Å². The molecule has 0 saturated carbocycles. The van der Waals surface area contributed by atoms with Gasteiger partial charge in [0.05, 0.1) is 7.11 Å². The molecule has 0 amide bonds. The van der Waals surface area contributed by atoms with Crippen molar-refractivity contribution in [2.45, 2.75) is 27.2 Å². The van der Waals surface area contributed by atoms with Gasteiger partial charge in [-0.15, -0.1) is 0 Å². The van der Waals surface area contributed by atoms with Crippen LogP contribution in [0, 0.1) is 5.41 Å². The quantitative estimate of drug-likeness (QED) is 0.849. The Morgan fingerprint density at radius 1 is 1.35 bits per heavy atom. The molecule has 17 heavy (non-hydrogen) atoms. The maximum Gasteiger partial charge on any atom is 0.339 e. The number of carboxylic acid groups (broad SMARTS) is 1. The van der Waals surface area contributed by atoms with Crippen molar-refractivity contribution >= 4 is 5.97 Å². The van der Waals surface area contributed by atoms with E-state index in [1.807, 2.05) is 0 Å². The summed E-state index contributed by atoms with van der Waals surface area (Å²) in [6.45, 7) is 6.17. The van der Waals surface area contributed by atoms with Crippen LogP contribution in [-0.4, -0.2) is 23.3 Å². The molecule has 0 aliphatic heterocycles. The highest BCUT2D eigenvalue weighted by Crippen LogP contribution is 2.32. The number of phenols is 1. The van der Waals surface area contributed by atoms with Crippen molar-refractivity contribution in [1.29, 1.82) is 0 Å². The Hall–Kier alpha value is -1.71. The van der Waals surface area contributed by atoms with E-state index >= 15 is 0 Å². The van der Waals surface area contributed by atoms with Gasteiger partial charge in [0.2, 0.25) is 0 Å². The number of aromatic carboxylic acids is 1. The van der Waals surface area contributed by atoms with Crippen molar-refractivity contribution in [2.75, 3.05) is 7.11 Å². The van der Waals surface area contributed by atoms with E-state index < -0.39 is 5.97 Å². The molecule has 1 rings (SSSR count). The number of hydrogen-bond acceptors (Lipinski definition) is 3. The van der Waals surface area contributed by atoms with Gasteiger partial charge in [-0.25, -0.2) is 4.79 Å². The minimum atomic E-state index is -1.14. The lowest BCUT2D eigenvalue weighted by Gasteiger charge is -2.20. The van der Waals surface area contributed by atoms with Crippen LogP contribution in [0.1, 0.15) is 36.7 Å². The minimum Gasteiger partial charge on any atom is -0.507 e. The highest BCUT2D eigenvalue weighted by atomic mass is 16.5. The van der Waals surface area contributed by atoms with E-state index in [1.54, 1.807) is 0 Å². The summed E-state index contributed by atoms with van der Waals surface area (Å²) in [6.07, 6.45) is 0.677. The summed E-state index contributed by atoms with van der Waals surface area (Å²) in [5, 5.41) is 18.5. The lowest BCUT2D eigenvalue weighted by atomic mass is 9.87. The van der Waals surface area contributed by atoms with E-state index in [0.29, 0.717) is 12.2 Å². The smallest absolute Gasteiger partial charge is 0.339 e. The number of benzene rings is 1. The number of aromatic hydroxyl groups is 1. The zero-order valence-electron chi connectivity index (χ0n) is 10.6. The van der Waals surface area contributed by atoms with Gasteiger partial charge < -0.3 is 14.9 Å². The molecule has 4 nitrogen and oxygen atoms in total. The molecule has 0 bridgehead atoms. The van der Waals surface area contributed by atoms with Crippen LogP contribution in [0.15, 0.2) is 12.1 Å². The average molecular weight is 238 g/mol. The van der Waals surface area contributed by atoms with Crippen molar-refractivity contribution in [3.8, 4) is 11.5 Å². The number of rotatable bonds is 3. The second kappa shape index (κ2) is 4.65. The first-order valence-corrected chi connectivity index (χ1v) is 5.38. The topological polar surface area (TPSA) is 66.8 Å². The third kappa shape index (κ3) is 3.37. The van der Waals surface area contributed by atoms with Crippen LogP contribution in [0.4, 0.5) is 0 Å². The van der Waals surface area contributed by atoms with Crippen LogP contribution in [-0.2, 0) is 6.42 Å². The van der Waals surface area contributed by atoms with Gasteiger partial charge in [-0.1, -0.05) is 20.8 Å². The fourth-order valence-electron chi connectivity index (χ4n) is 1.68. The maximum absolute atomic E-state index is 10.9. The Morgan fingerprint density at radius 2 is 1.94 bits per heavy atom. The molecular weight excluding hydrogens is 220 g/mol. The molecule has 0 fully saturated rings. The van der Waals surface area contributed by atoms with Gasteiger partial charge in [-0.05, 0) is 23.5 Å². The lowest BCUT2D eigenvalue weighted by molar-refractivity contribution is 0.0693. The SMILES string of the molecule is COc1cc(O)c(C(=O)O)cc1CC(C)(C)C. The van der Waals surface area contributed by atoms with Crippen LogP contribution < -0.4 is 4.74 Å². The first kappa shape index (κ1) is 13.4.